The highest BCUT2D eigenvalue weighted by atomic mass is 16.6. The molecule has 1 atom stereocenters. The fourth-order valence-electron chi connectivity index (χ4n) is 3.48. The van der Waals surface area contributed by atoms with E-state index >= 15 is 0 Å². The van der Waals surface area contributed by atoms with Gasteiger partial charge in [-0.1, -0.05) is 29.4 Å². The molecule has 1 aliphatic heterocycles. The van der Waals surface area contributed by atoms with Crippen LogP contribution in [0.15, 0.2) is 65.4 Å². The average Bonchev–Trinajstić information content (AvgIpc) is 3.49. The second-order valence-corrected chi connectivity index (χ2v) is 7.16. The first-order valence-corrected chi connectivity index (χ1v) is 10.0. The molecule has 2 aromatic carbocycles. The number of benzene rings is 2. The van der Waals surface area contributed by atoms with E-state index in [1.807, 2.05) is 42.5 Å². The number of imide groups is 1. The molecule has 1 N–H and O–H groups in total. The summed E-state index contributed by atoms with van der Waals surface area (Å²) in [7, 11) is 0. The maximum Gasteiger partial charge on any atom is 0.416 e. The number of aromatic nitrogens is 1. The largest absolute Gasteiger partial charge is 0.489 e. The Kier molecular flexibility index (Phi) is 6.45. The van der Waals surface area contributed by atoms with Crippen molar-refractivity contribution in [2.75, 3.05) is 18.5 Å². The van der Waals surface area contributed by atoms with Crippen LogP contribution < -0.4 is 10.1 Å². The third-order valence-electron chi connectivity index (χ3n) is 5.10. The maximum atomic E-state index is 12.7. The number of carbonyl (C=O) groups is 3. The number of cyclic esters (lactones) is 1. The monoisotopic (exact) mass is 435 g/mol. The predicted octanol–water partition coefficient (Wildman–Crippen LogP) is 3.32. The van der Waals surface area contributed by atoms with Crippen LogP contribution in [0.1, 0.15) is 29.2 Å². The molecule has 1 aliphatic rings. The van der Waals surface area contributed by atoms with Crippen LogP contribution in [0.2, 0.25) is 0 Å². The molecule has 1 fully saturated rings. The molecule has 4 rings (SSSR count). The van der Waals surface area contributed by atoms with Gasteiger partial charge in [0.05, 0.1) is 12.2 Å². The van der Waals surface area contributed by atoms with E-state index in [0.29, 0.717) is 30.1 Å². The van der Waals surface area contributed by atoms with Crippen LogP contribution in [0.25, 0.3) is 0 Å². The zero-order valence-corrected chi connectivity index (χ0v) is 17.1. The van der Waals surface area contributed by atoms with Crippen molar-refractivity contribution in [3.8, 4) is 5.75 Å². The minimum absolute atomic E-state index is 0.0539. The molecule has 164 valence electrons. The van der Waals surface area contributed by atoms with Crippen molar-refractivity contribution in [3.63, 3.8) is 0 Å². The van der Waals surface area contributed by atoms with E-state index in [9.17, 15) is 14.4 Å². The Balaban J connectivity index is 1.45. The third-order valence-corrected chi connectivity index (χ3v) is 5.10. The van der Waals surface area contributed by atoms with Gasteiger partial charge in [-0.25, -0.2) is 9.69 Å². The highest BCUT2D eigenvalue weighted by molar-refractivity contribution is 5.93. The van der Waals surface area contributed by atoms with E-state index in [1.165, 1.54) is 6.26 Å². The highest BCUT2D eigenvalue weighted by Gasteiger charge is 2.31. The van der Waals surface area contributed by atoms with Gasteiger partial charge < -0.3 is 19.3 Å². The van der Waals surface area contributed by atoms with Gasteiger partial charge in [-0.2, -0.15) is 0 Å². The van der Waals surface area contributed by atoms with Crippen LogP contribution in [0.3, 0.4) is 0 Å². The fraction of sp³-hybridized carbons (Fsp3) is 0.217. The highest BCUT2D eigenvalue weighted by Crippen LogP contribution is 2.30. The predicted molar refractivity (Wildman–Crippen MR) is 113 cm³/mol. The first kappa shape index (κ1) is 21.1. The zero-order chi connectivity index (χ0) is 22.3. The lowest BCUT2D eigenvalue weighted by atomic mass is 9.92. The van der Waals surface area contributed by atoms with Crippen molar-refractivity contribution in [1.29, 1.82) is 0 Å². The lowest BCUT2D eigenvalue weighted by Crippen LogP contribution is -2.32. The summed E-state index contributed by atoms with van der Waals surface area (Å²) in [6.45, 7) is 0.787. The number of anilines is 1. The number of hydrogen-bond acceptors (Lipinski definition) is 7. The first-order valence-electron chi connectivity index (χ1n) is 10.0. The summed E-state index contributed by atoms with van der Waals surface area (Å²) in [5, 5.41) is 6.60. The summed E-state index contributed by atoms with van der Waals surface area (Å²) in [5.41, 5.74) is 3.03. The summed E-state index contributed by atoms with van der Waals surface area (Å²) in [6.07, 6.45) is 1.51. The lowest BCUT2D eigenvalue weighted by Gasteiger charge is -2.18. The SMILES string of the molecule is O=CNc1cccc(COc2ccc(C(CC(=O)N3CCOC3=O)c3ccon3)cc2)c1. The van der Waals surface area contributed by atoms with Crippen molar-refractivity contribution in [2.24, 2.45) is 0 Å². The van der Waals surface area contributed by atoms with Crippen molar-refractivity contribution < 1.29 is 28.4 Å². The van der Waals surface area contributed by atoms with Crippen molar-refractivity contribution >= 4 is 24.1 Å². The summed E-state index contributed by atoms with van der Waals surface area (Å²) >= 11 is 0. The summed E-state index contributed by atoms with van der Waals surface area (Å²) < 4.78 is 15.7. The van der Waals surface area contributed by atoms with Crippen LogP contribution in [0, 0.1) is 0 Å². The molecule has 1 unspecified atom stereocenters. The molecule has 9 heteroatoms. The van der Waals surface area contributed by atoms with E-state index in [0.717, 1.165) is 16.0 Å². The van der Waals surface area contributed by atoms with Crippen LogP contribution in [-0.4, -0.2) is 41.6 Å². The van der Waals surface area contributed by atoms with Crippen molar-refractivity contribution in [1.82, 2.24) is 10.1 Å². The number of rotatable bonds is 9. The van der Waals surface area contributed by atoms with E-state index in [-0.39, 0.29) is 31.4 Å². The van der Waals surface area contributed by atoms with Gasteiger partial charge in [0.2, 0.25) is 12.3 Å². The van der Waals surface area contributed by atoms with E-state index in [4.69, 9.17) is 14.0 Å². The smallest absolute Gasteiger partial charge is 0.416 e. The van der Waals surface area contributed by atoms with Gasteiger partial charge >= 0.3 is 6.09 Å². The maximum absolute atomic E-state index is 12.7. The molecule has 0 saturated carbocycles. The number of nitrogens with zero attached hydrogens (tertiary/aromatic N) is 2. The topological polar surface area (TPSA) is 111 Å². The van der Waals surface area contributed by atoms with Gasteiger partial charge in [-0.05, 0) is 35.4 Å². The Hall–Kier alpha value is -4.14. The van der Waals surface area contributed by atoms with Gasteiger partial charge in [0.1, 0.15) is 25.2 Å². The Morgan fingerprint density at radius 1 is 1.22 bits per heavy atom. The summed E-state index contributed by atoms with van der Waals surface area (Å²) in [6, 6.07) is 16.4. The second-order valence-electron chi connectivity index (χ2n) is 7.16. The molecule has 0 radical (unpaired) electrons. The average molecular weight is 435 g/mol. The first-order chi connectivity index (χ1) is 15.6. The van der Waals surface area contributed by atoms with Crippen LogP contribution >= 0.6 is 0 Å². The standard InChI is InChI=1S/C23H21N3O6/c27-15-24-18-3-1-2-16(12-18)14-31-19-6-4-17(5-7-19)20(21-8-10-32-25-21)13-22(28)26-9-11-30-23(26)29/h1-8,10,12,15,20H,9,11,13-14H2,(H,24,27). The van der Waals surface area contributed by atoms with Gasteiger partial charge in [0, 0.05) is 24.1 Å². The minimum atomic E-state index is -0.620. The summed E-state index contributed by atoms with van der Waals surface area (Å²) in [5.74, 6) is -0.0599. The lowest BCUT2D eigenvalue weighted by molar-refractivity contribution is -0.128. The van der Waals surface area contributed by atoms with Gasteiger partial charge in [0.15, 0.2) is 0 Å². The quantitative estimate of drug-likeness (QED) is 0.513. The minimum Gasteiger partial charge on any atom is -0.489 e. The van der Waals surface area contributed by atoms with Crippen molar-refractivity contribution in [2.45, 2.75) is 18.9 Å². The third kappa shape index (κ3) is 4.94. The van der Waals surface area contributed by atoms with Crippen LogP contribution in [0.4, 0.5) is 10.5 Å². The van der Waals surface area contributed by atoms with E-state index in [1.54, 1.807) is 12.1 Å². The molecular formula is C23H21N3O6. The van der Waals surface area contributed by atoms with Crippen LogP contribution in [0.5, 0.6) is 5.75 Å². The summed E-state index contributed by atoms with van der Waals surface area (Å²) in [4.78, 5) is 36.1. The molecule has 1 aromatic heterocycles. The van der Waals surface area contributed by atoms with Crippen molar-refractivity contribution in [3.05, 3.63) is 77.7 Å². The molecule has 9 nitrogen and oxygen atoms in total. The molecule has 2 heterocycles. The number of hydrogen-bond donors (Lipinski definition) is 1. The second kappa shape index (κ2) is 9.78. The molecule has 3 aromatic rings. The fourth-order valence-corrected chi connectivity index (χ4v) is 3.48. The Bertz CT molecular complexity index is 1080. The van der Waals surface area contributed by atoms with E-state index in [2.05, 4.69) is 10.5 Å². The number of amides is 3. The Morgan fingerprint density at radius 3 is 2.75 bits per heavy atom. The van der Waals surface area contributed by atoms with Crippen LogP contribution in [-0.2, 0) is 20.9 Å². The van der Waals surface area contributed by atoms with E-state index < -0.39 is 6.09 Å². The molecular weight excluding hydrogens is 414 g/mol. The number of nitrogens with one attached hydrogen (secondary N) is 1. The number of ether oxygens (including phenoxy) is 2. The normalized spacial score (nSPS) is 14.0. The Labute approximate surface area is 183 Å². The molecule has 1 saturated heterocycles. The van der Waals surface area contributed by atoms with Gasteiger partial charge in [0.25, 0.3) is 0 Å². The molecule has 3 amide bonds. The number of carbonyl (C=O) groups excluding carboxylic acids is 3. The zero-order valence-electron chi connectivity index (χ0n) is 17.1. The molecule has 0 bridgehead atoms. The Morgan fingerprint density at radius 2 is 2.06 bits per heavy atom. The molecule has 0 spiro atoms. The molecule has 0 aliphatic carbocycles. The van der Waals surface area contributed by atoms with Gasteiger partial charge in [-0.15, -0.1) is 0 Å². The van der Waals surface area contributed by atoms with Gasteiger partial charge in [-0.3, -0.25) is 9.59 Å². The molecule has 32 heavy (non-hydrogen) atoms.